The van der Waals surface area contributed by atoms with E-state index in [0.717, 1.165) is 18.0 Å². The van der Waals surface area contributed by atoms with Gasteiger partial charge in [0.2, 0.25) is 11.6 Å². The summed E-state index contributed by atoms with van der Waals surface area (Å²) in [6.07, 6.45) is 1.07. The van der Waals surface area contributed by atoms with Gasteiger partial charge in [0.25, 0.3) is 11.6 Å². The van der Waals surface area contributed by atoms with E-state index >= 15 is 0 Å². The van der Waals surface area contributed by atoms with Crippen LogP contribution in [0.25, 0.3) is 0 Å². The summed E-state index contributed by atoms with van der Waals surface area (Å²) < 4.78 is 0. The van der Waals surface area contributed by atoms with Gasteiger partial charge in [-0.05, 0) is 31.2 Å². The molecule has 0 atom stereocenters. The normalized spacial score (nSPS) is 10.3. The van der Waals surface area contributed by atoms with Crippen LogP contribution in [0.15, 0.2) is 48.8 Å². The van der Waals surface area contributed by atoms with Crippen LogP contribution < -0.4 is 16.2 Å². The summed E-state index contributed by atoms with van der Waals surface area (Å²) in [4.78, 5) is 41.2. The monoisotopic (exact) mass is 443 g/mol. The molecule has 0 bridgehead atoms. The van der Waals surface area contributed by atoms with Crippen LogP contribution in [-0.2, 0) is 0 Å². The Hall–Kier alpha value is -4.32. The number of nitro groups is 2. The van der Waals surface area contributed by atoms with Crippen LogP contribution in [0, 0.1) is 27.2 Å². The average molecular weight is 444 g/mol. The van der Waals surface area contributed by atoms with Crippen molar-refractivity contribution in [1.82, 2.24) is 15.4 Å². The molecule has 0 fully saturated rings. The fourth-order valence-corrected chi connectivity index (χ4v) is 2.68. The van der Waals surface area contributed by atoms with Crippen LogP contribution in [0.2, 0.25) is 5.02 Å². The molecule has 2 aromatic carbocycles. The van der Waals surface area contributed by atoms with Gasteiger partial charge in [0.1, 0.15) is 11.3 Å². The molecule has 1 heterocycles. The van der Waals surface area contributed by atoms with Crippen molar-refractivity contribution < 1.29 is 14.6 Å². The Bertz CT molecular complexity index is 1170. The average Bonchev–Trinajstić information content (AvgIpc) is 2.73. The number of anilines is 3. The second kappa shape index (κ2) is 9.00. The molecule has 0 radical (unpaired) electrons. The van der Waals surface area contributed by atoms with E-state index in [1.165, 1.54) is 12.1 Å². The highest BCUT2D eigenvalue weighted by Gasteiger charge is 2.24. The molecule has 0 saturated heterocycles. The van der Waals surface area contributed by atoms with E-state index in [1.54, 1.807) is 12.1 Å². The first-order valence-corrected chi connectivity index (χ1v) is 8.97. The number of hydrogen-bond acceptors (Lipinski definition) is 9. The largest absolute Gasteiger partial charge is 0.355 e. The molecule has 0 aliphatic heterocycles. The SMILES string of the molecule is Cc1ccc(Nc2ncnc(NNC(=O)c3ccc(Cl)c([N+](=O)[O-])c3)c2[N+](=O)[O-])cc1. The van der Waals surface area contributed by atoms with Gasteiger partial charge in [0.05, 0.1) is 9.85 Å². The molecule has 0 aliphatic carbocycles. The van der Waals surface area contributed by atoms with Gasteiger partial charge in [-0.1, -0.05) is 29.3 Å². The second-order valence-corrected chi connectivity index (χ2v) is 6.58. The van der Waals surface area contributed by atoms with Crippen molar-refractivity contribution in [3.63, 3.8) is 0 Å². The van der Waals surface area contributed by atoms with Crippen LogP contribution >= 0.6 is 11.6 Å². The first kappa shape index (κ1) is 21.4. The first-order valence-electron chi connectivity index (χ1n) is 8.59. The Balaban J connectivity index is 1.82. The number of amides is 1. The van der Waals surface area contributed by atoms with Gasteiger partial charge in [0.15, 0.2) is 0 Å². The van der Waals surface area contributed by atoms with Crippen molar-refractivity contribution in [3.8, 4) is 0 Å². The van der Waals surface area contributed by atoms with Crippen LogP contribution in [-0.4, -0.2) is 25.7 Å². The molecule has 1 aromatic heterocycles. The van der Waals surface area contributed by atoms with Crippen molar-refractivity contribution in [2.24, 2.45) is 0 Å². The molecule has 13 heteroatoms. The zero-order valence-electron chi connectivity index (χ0n) is 15.8. The maximum absolute atomic E-state index is 12.3. The Labute approximate surface area is 179 Å². The molecule has 3 aromatic rings. The summed E-state index contributed by atoms with van der Waals surface area (Å²) in [6.45, 7) is 1.90. The van der Waals surface area contributed by atoms with Crippen LogP contribution in [0.1, 0.15) is 15.9 Å². The quantitative estimate of drug-likeness (QED) is 0.364. The van der Waals surface area contributed by atoms with E-state index in [-0.39, 0.29) is 22.2 Å². The molecule has 12 nitrogen and oxygen atoms in total. The van der Waals surface area contributed by atoms with E-state index in [0.29, 0.717) is 5.69 Å². The van der Waals surface area contributed by atoms with Crippen molar-refractivity contribution in [2.75, 3.05) is 10.7 Å². The number of benzene rings is 2. The zero-order chi connectivity index (χ0) is 22.5. The van der Waals surface area contributed by atoms with Crippen molar-refractivity contribution in [3.05, 3.63) is 85.2 Å². The fraction of sp³-hybridized carbons (Fsp3) is 0.0556. The summed E-state index contributed by atoms with van der Waals surface area (Å²) in [7, 11) is 0. The maximum Gasteiger partial charge on any atom is 0.355 e. The minimum atomic E-state index is -0.791. The third-order valence-electron chi connectivity index (χ3n) is 4.02. The van der Waals surface area contributed by atoms with E-state index in [9.17, 15) is 25.0 Å². The molecule has 31 heavy (non-hydrogen) atoms. The van der Waals surface area contributed by atoms with Crippen LogP contribution in [0.5, 0.6) is 0 Å². The van der Waals surface area contributed by atoms with Crippen molar-refractivity contribution >= 4 is 46.2 Å². The predicted molar refractivity (Wildman–Crippen MR) is 112 cm³/mol. The van der Waals surface area contributed by atoms with Gasteiger partial charge in [-0.2, -0.15) is 0 Å². The summed E-state index contributed by atoms with van der Waals surface area (Å²) >= 11 is 5.73. The Morgan fingerprint density at radius 1 is 1.00 bits per heavy atom. The standard InChI is InChI=1S/C18H14ClN7O5/c1-10-2-5-12(6-3-10)22-16-15(26(30)31)17(21-9-20-16)23-24-18(27)11-4-7-13(19)14(8-11)25(28)29/h2-9H,1H3,(H,24,27)(H2,20,21,22,23). The van der Waals surface area contributed by atoms with Gasteiger partial charge < -0.3 is 5.32 Å². The van der Waals surface area contributed by atoms with E-state index < -0.39 is 27.1 Å². The van der Waals surface area contributed by atoms with Gasteiger partial charge in [-0.3, -0.25) is 35.9 Å². The lowest BCUT2D eigenvalue weighted by Crippen LogP contribution is -2.30. The maximum atomic E-state index is 12.3. The third kappa shape index (κ3) is 5.00. The van der Waals surface area contributed by atoms with E-state index in [1.807, 2.05) is 19.1 Å². The zero-order valence-corrected chi connectivity index (χ0v) is 16.6. The number of nitrogens with zero attached hydrogens (tertiary/aromatic N) is 4. The Morgan fingerprint density at radius 2 is 1.68 bits per heavy atom. The number of carbonyl (C=O) groups excluding carboxylic acids is 1. The smallest absolute Gasteiger partial charge is 0.334 e. The summed E-state index contributed by atoms with van der Waals surface area (Å²) in [5.41, 5.74) is 5.10. The van der Waals surface area contributed by atoms with Crippen molar-refractivity contribution in [1.29, 1.82) is 0 Å². The molecule has 0 unspecified atom stereocenters. The topological polar surface area (TPSA) is 165 Å². The molecule has 0 spiro atoms. The highest BCUT2D eigenvalue weighted by Crippen LogP contribution is 2.31. The van der Waals surface area contributed by atoms with Crippen molar-refractivity contribution in [2.45, 2.75) is 6.92 Å². The lowest BCUT2D eigenvalue weighted by atomic mass is 10.2. The van der Waals surface area contributed by atoms with E-state index in [4.69, 9.17) is 11.6 Å². The predicted octanol–water partition coefficient (Wildman–Crippen LogP) is 3.76. The highest BCUT2D eigenvalue weighted by molar-refractivity contribution is 6.32. The van der Waals surface area contributed by atoms with E-state index in [2.05, 4.69) is 26.1 Å². The number of hydrazine groups is 1. The lowest BCUT2D eigenvalue weighted by molar-refractivity contribution is -0.384. The molecule has 0 saturated carbocycles. The Kier molecular flexibility index (Phi) is 6.21. The number of aromatic nitrogens is 2. The summed E-state index contributed by atoms with van der Waals surface area (Å²) in [5.74, 6) is -1.17. The minimum absolute atomic E-state index is 0.0849. The first-order chi connectivity index (χ1) is 14.8. The lowest BCUT2D eigenvalue weighted by Gasteiger charge is -2.11. The number of rotatable bonds is 7. The molecular formula is C18H14ClN7O5. The van der Waals surface area contributed by atoms with Gasteiger partial charge in [-0.15, -0.1) is 0 Å². The molecule has 1 amide bonds. The van der Waals surface area contributed by atoms with Gasteiger partial charge in [-0.25, -0.2) is 9.97 Å². The third-order valence-corrected chi connectivity index (χ3v) is 4.34. The van der Waals surface area contributed by atoms with Gasteiger partial charge >= 0.3 is 5.69 Å². The Morgan fingerprint density at radius 3 is 2.32 bits per heavy atom. The number of hydrogen-bond donors (Lipinski definition) is 3. The summed E-state index contributed by atoms with van der Waals surface area (Å²) in [6, 6.07) is 10.5. The number of aryl methyl sites for hydroxylation is 1. The molecule has 158 valence electrons. The fourth-order valence-electron chi connectivity index (χ4n) is 2.49. The second-order valence-electron chi connectivity index (χ2n) is 6.17. The minimum Gasteiger partial charge on any atom is -0.334 e. The molecule has 3 rings (SSSR count). The molecular weight excluding hydrogens is 430 g/mol. The molecule has 3 N–H and O–H groups in total. The number of nitrogens with one attached hydrogen (secondary N) is 3. The summed E-state index contributed by atoms with van der Waals surface area (Å²) in [5, 5.41) is 25.3. The number of carbonyl (C=O) groups is 1. The van der Waals surface area contributed by atoms with Crippen LogP contribution in [0.4, 0.5) is 28.7 Å². The number of nitro benzene ring substituents is 1. The number of halogens is 1. The highest BCUT2D eigenvalue weighted by atomic mass is 35.5. The van der Waals surface area contributed by atoms with Crippen LogP contribution in [0.3, 0.4) is 0 Å². The molecule has 0 aliphatic rings. The van der Waals surface area contributed by atoms with Gasteiger partial charge in [0, 0.05) is 17.3 Å².